The van der Waals surface area contributed by atoms with Crippen LogP contribution in [-0.4, -0.2) is 0 Å². The SMILES string of the molecule is Cc1ccc[c]c1-c1ccccc1Cl. The van der Waals surface area contributed by atoms with E-state index in [4.69, 9.17) is 11.6 Å². The molecule has 0 unspecified atom stereocenters. The summed E-state index contributed by atoms with van der Waals surface area (Å²) in [5, 5.41) is 0.776. The van der Waals surface area contributed by atoms with E-state index in [0.717, 1.165) is 16.1 Å². The van der Waals surface area contributed by atoms with Gasteiger partial charge in [0.2, 0.25) is 0 Å². The molecule has 2 aromatic carbocycles. The van der Waals surface area contributed by atoms with Crippen LogP contribution < -0.4 is 0 Å². The van der Waals surface area contributed by atoms with Crippen molar-refractivity contribution in [2.45, 2.75) is 6.92 Å². The second-order valence-corrected chi connectivity index (χ2v) is 3.62. The molecule has 2 aromatic rings. The van der Waals surface area contributed by atoms with E-state index in [1.54, 1.807) is 0 Å². The summed E-state index contributed by atoms with van der Waals surface area (Å²) < 4.78 is 0. The normalized spacial score (nSPS) is 10.1. The van der Waals surface area contributed by atoms with E-state index >= 15 is 0 Å². The van der Waals surface area contributed by atoms with Gasteiger partial charge in [-0.3, -0.25) is 0 Å². The average Bonchev–Trinajstić information content (AvgIpc) is 2.20. The Morgan fingerprint density at radius 3 is 2.57 bits per heavy atom. The van der Waals surface area contributed by atoms with Gasteiger partial charge in [-0.2, -0.15) is 0 Å². The van der Waals surface area contributed by atoms with Gasteiger partial charge in [-0.1, -0.05) is 48.0 Å². The number of aryl methyl sites for hydroxylation is 1. The molecule has 0 aliphatic rings. The number of halogens is 1. The first-order valence-electron chi connectivity index (χ1n) is 4.51. The highest BCUT2D eigenvalue weighted by Crippen LogP contribution is 2.29. The van der Waals surface area contributed by atoms with Crippen molar-refractivity contribution in [2.75, 3.05) is 0 Å². The highest BCUT2D eigenvalue weighted by Gasteiger charge is 2.04. The molecule has 0 atom stereocenters. The van der Waals surface area contributed by atoms with Gasteiger partial charge < -0.3 is 0 Å². The standard InChI is InChI=1S/C13H10Cl/c1-10-6-2-3-7-11(10)12-8-4-5-9-13(12)14/h2-6,8-9H,1H3. The fraction of sp³-hybridized carbons (Fsp3) is 0.0769. The third-order valence-corrected chi connectivity index (χ3v) is 2.54. The van der Waals surface area contributed by atoms with Gasteiger partial charge in [-0.15, -0.1) is 0 Å². The van der Waals surface area contributed by atoms with Gasteiger partial charge in [0.05, 0.1) is 0 Å². The van der Waals surface area contributed by atoms with Crippen LogP contribution in [0.2, 0.25) is 5.02 Å². The Kier molecular flexibility index (Phi) is 2.55. The van der Waals surface area contributed by atoms with E-state index in [9.17, 15) is 0 Å². The topological polar surface area (TPSA) is 0 Å². The molecule has 0 amide bonds. The zero-order valence-electron chi connectivity index (χ0n) is 7.92. The summed E-state index contributed by atoms with van der Waals surface area (Å²) in [6.45, 7) is 2.06. The second kappa shape index (κ2) is 3.85. The summed E-state index contributed by atoms with van der Waals surface area (Å²) in [7, 11) is 0. The Morgan fingerprint density at radius 1 is 1.07 bits per heavy atom. The molecule has 0 saturated carbocycles. The Bertz CT molecular complexity index is 403. The molecular formula is C13H10Cl. The molecule has 14 heavy (non-hydrogen) atoms. The summed E-state index contributed by atoms with van der Waals surface area (Å²) in [5.74, 6) is 0. The first kappa shape index (κ1) is 9.29. The predicted octanol–water partition coefficient (Wildman–Crippen LogP) is 4.12. The molecule has 0 heterocycles. The van der Waals surface area contributed by atoms with E-state index in [1.165, 1.54) is 5.56 Å². The van der Waals surface area contributed by atoms with Crippen molar-refractivity contribution in [2.24, 2.45) is 0 Å². The first-order chi connectivity index (χ1) is 6.79. The second-order valence-electron chi connectivity index (χ2n) is 3.21. The monoisotopic (exact) mass is 201 g/mol. The minimum atomic E-state index is 0.776. The molecule has 0 bridgehead atoms. The van der Waals surface area contributed by atoms with Crippen molar-refractivity contribution in [1.82, 2.24) is 0 Å². The highest BCUT2D eigenvalue weighted by atomic mass is 35.5. The number of rotatable bonds is 1. The zero-order valence-corrected chi connectivity index (χ0v) is 8.68. The van der Waals surface area contributed by atoms with E-state index in [2.05, 4.69) is 19.1 Å². The van der Waals surface area contributed by atoms with Crippen molar-refractivity contribution >= 4 is 11.6 Å². The predicted molar refractivity (Wildman–Crippen MR) is 60.5 cm³/mol. The smallest absolute Gasteiger partial charge is 0.0484 e. The van der Waals surface area contributed by atoms with Gasteiger partial charge in [0.15, 0.2) is 0 Å². The first-order valence-corrected chi connectivity index (χ1v) is 4.89. The molecule has 0 nitrogen and oxygen atoms in total. The maximum Gasteiger partial charge on any atom is 0.0484 e. The van der Waals surface area contributed by atoms with Crippen LogP contribution in [-0.2, 0) is 0 Å². The molecule has 1 radical (unpaired) electrons. The molecule has 0 aliphatic carbocycles. The molecular weight excluding hydrogens is 192 g/mol. The van der Waals surface area contributed by atoms with Crippen molar-refractivity contribution in [3.63, 3.8) is 0 Å². The quantitative estimate of drug-likeness (QED) is 0.651. The number of hydrogen-bond acceptors (Lipinski definition) is 0. The average molecular weight is 202 g/mol. The van der Waals surface area contributed by atoms with E-state index in [0.29, 0.717) is 0 Å². The molecule has 2 rings (SSSR count). The van der Waals surface area contributed by atoms with Crippen LogP contribution in [0.4, 0.5) is 0 Å². The molecule has 0 spiro atoms. The van der Waals surface area contributed by atoms with E-state index in [-0.39, 0.29) is 0 Å². The lowest BCUT2D eigenvalue weighted by molar-refractivity contribution is 1.45. The Balaban J connectivity index is 2.61. The van der Waals surface area contributed by atoms with Gasteiger partial charge in [-0.25, -0.2) is 0 Å². The molecule has 0 fully saturated rings. The Hall–Kier alpha value is -1.27. The Morgan fingerprint density at radius 2 is 1.86 bits per heavy atom. The number of hydrogen-bond donors (Lipinski definition) is 0. The van der Waals surface area contributed by atoms with Crippen LogP contribution in [0.25, 0.3) is 11.1 Å². The van der Waals surface area contributed by atoms with Crippen molar-refractivity contribution in [3.05, 3.63) is 59.1 Å². The van der Waals surface area contributed by atoms with Gasteiger partial charge in [-0.05, 0) is 30.2 Å². The van der Waals surface area contributed by atoms with Gasteiger partial charge in [0, 0.05) is 10.6 Å². The Labute approximate surface area is 89.2 Å². The third kappa shape index (κ3) is 1.66. The minimum Gasteiger partial charge on any atom is -0.0837 e. The molecule has 0 saturated heterocycles. The van der Waals surface area contributed by atoms with Gasteiger partial charge in [0.1, 0.15) is 0 Å². The minimum absolute atomic E-state index is 0.776. The van der Waals surface area contributed by atoms with Gasteiger partial charge >= 0.3 is 0 Å². The fourth-order valence-corrected chi connectivity index (χ4v) is 1.71. The highest BCUT2D eigenvalue weighted by molar-refractivity contribution is 6.33. The molecule has 69 valence electrons. The maximum absolute atomic E-state index is 6.11. The maximum atomic E-state index is 6.11. The molecule has 0 aromatic heterocycles. The van der Waals surface area contributed by atoms with Crippen LogP contribution in [0.5, 0.6) is 0 Å². The van der Waals surface area contributed by atoms with Crippen LogP contribution in [0.1, 0.15) is 5.56 Å². The largest absolute Gasteiger partial charge is 0.0837 e. The lowest BCUT2D eigenvalue weighted by Crippen LogP contribution is -1.83. The summed E-state index contributed by atoms with van der Waals surface area (Å²) in [6, 6.07) is 17.0. The fourth-order valence-electron chi connectivity index (χ4n) is 1.48. The van der Waals surface area contributed by atoms with Crippen LogP contribution in [0.3, 0.4) is 0 Å². The van der Waals surface area contributed by atoms with Crippen molar-refractivity contribution in [3.8, 4) is 11.1 Å². The summed E-state index contributed by atoms with van der Waals surface area (Å²) in [6.07, 6.45) is 0. The third-order valence-electron chi connectivity index (χ3n) is 2.21. The zero-order chi connectivity index (χ0) is 9.97. The van der Waals surface area contributed by atoms with Gasteiger partial charge in [0.25, 0.3) is 0 Å². The molecule has 1 heteroatoms. The van der Waals surface area contributed by atoms with E-state index < -0.39 is 0 Å². The summed E-state index contributed by atoms with van der Waals surface area (Å²) in [4.78, 5) is 0. The van der Waals surface area contributed by atoms with Crippen LogP contribution in [0.15, 0.2) is 42.5 Å². The van der Waals surface area contributed by atoms with Crippen molar-refractivity contribution in [1.29, 1.82) is 0 Å². The number of benzene rings is 2. The van der Waals surface area contributed by atoms with E-state index in [1.807, 2.05) is 36.4 Å². The lowest BCUT2D eigenvalue weighted by atomic mass is 10.0. The summed E-state index contributed by atoms with van der Waals surface area (Å²) in [5.41, 5.74) is 3.32. The molecule has 0 N–H and O–H groups in total. The molecule has 0 aliphatic heterocycles. The lowest BCUT2D eigenvalue weighted by Gasteiger charge is -2.06. The van der Waals surface area contributed by atoms with Crippen LogP contribution >= 0.6 is 11.6 Å². The van der Waals surface area contributed by atoms with Crippen LogP contribution in [0, 0.1) is 13.0 Å². The summed E-state index contributed by atoms with van der Waals surface area (Å²) >= 11 is 6.11. The van der Waals surface area contributed by atoms with Crippen molar-refractivity contribution < 1.29 is 0 Å².